The van der Waals surface area contributed by atoms with Crippen molar-refractivity contribution < 1.29 is 14.6 Å². The lowest BCUT2D eigenvalue weighted by Crippen LogP contribution is -2.38. The molecule has 1 saturated carbocycles. The molecule has 1 aliphatic rings. The van der Waals surface area contributed by atoms with Gasteiger partial charge in [-0.15, -0.1) is 0 Å². The van der Waals surface area contributed by atoms with Crippen LogP contribution >= 0.6 is 0 Å². The van der Waals surface area contributed by atoms with Gasteiger partial charge >= 0.3 is 0 Å². The van der Waals surface area contributed by atoms with Crippen LogP contribution in [0.1, 0.15) is 38.3 Å². The van der Waals surface area contributed by atoms with Crippen LogP contribution < -0.4 is 4.74 Å². The third kappa shape index (κ3) is 2.24. The minimum Gasteiger partial charge on any atom is -0.493 e. The Morgan fingerprint density at radius 3 is 2.94 bits per heavy atom. The van der Waals surface area contributed by atoms with Gasteiger partial charge in [0, 0.05) is 20.1 Å². The average molecular weight is 254 g/mol. The summed E-state index contributed by atoms with van der Waals surface area (Å²) < 4.78 is 12.5. The van der Waals surface area contributed by atoms with Crippen LogP contribution in [0.4, 0.5) is 0 Å². The molecular weight excluding hydrogens is 232 g/mol. The van der Waals surface area contributed by atoms with Gasteiger partial charge in [-0.1, -0.05) is 0 Å². The summed E-state index contributed by atoms with van der Waals surface area (Å²) in [6.07, 6.45) is 5.07. The lowest BCUT2D eigenvalue weighted by atomic mass is 9.80. The molecule has 1 aromatic heterocycles. The molecule has 0 spiro atoms. The van der Waals surface area contributed by atoms with Crippen LogP contribution in [0.25, 0.3) is 0 Å². The molecule has 1 aromatic rings. The molecule has 0 amide bonds. The molecule has 0 aromatic carbocycles. The zero-order valence-electron chi connectivity index (χ0n) is 11.3. The second kappa shape index (κ2) is 5.28. The molecule has 5 heteroatoms. The minimum absolute atomic E-state index is 0.105. The lowest BCUT2D eigenvalue weighted by Gasteiger charge is -2.36. The largest absolute Gasteiger partial charge is 0.493 e. The molecule has 1 heterocycles. The number of aliphatic hydroxyl groups is 1. The fraction of sp³-hybridized carbons (Fsp3) is 0.769. The Kier molecular flexibility index (Phi) is 3.92. The van der Waals surface area contributed by atoms with Crippen molar-refractivity contribution in [3.63, 3.8) is 0 Å². The number of hydrogen-bond donors (Lipinski definition) is 1. The summed E-state index contributed by atoms with van der Waals surface area (Å²) >= 11 is 0. The van der Waals surface area contributed by atoms with Gasteiger partial charge in [0.05, 0.1) is 19.4 Å². The molecule has 1 fully saturated rings. The third-order valence-corrected chi connectivity index (χ3v) is 3.78. The van der Waals surface area contributed by atoms with E-state index in [0.29, 0.717) is 12.2 Å². The molecule has 0 radical (unpaired) electrons. The van der Waals surface area contributed by atoms with Crippen LogP contribution in [0.15, 0.2) is 6.20 Å². The van der Waals surface area contributed by atoms with E-state index in [9.17, 15) is 5.11 Å². The molecule has 2 atom stereocenters. The molecule has 0 bridgehead atoms. The van der Waals surface area contributed by atoms with E-state index < -0.39 is 5.60 Å². The van der Waals surface area contributed by atoms with E-state index in [1.54, 1.807) is 20.4 Å². The smallest absolute Gasteiger partial charge is 0.162 e. The maximum absolute atomic E-state index is 10.9. The average Bonchev–Trinajstić information content (AvgIpc) is 2.82. The Morgan fingerprint density at radius 1 is 1.56 bits per heavy atom. The Bertz CT molecular complexity index is 383. The van der Waals surface area contributed by atoms with Crippen molar-refractivity contribution in [2.45, 2.75) is 50.9 Å². The van der Waals surface area contributed by atoms with E-state index in [-0.39, 0.29) is 6.10 Å². The SMILES string of the molecule is CCn1ncc(OC)c1C1(O)CCCC(OC)C1. The highest BCUT2D eigenvalue weighted by molar-refractivity contribution is 5.31. The minimum atomic E-state index is -0.892. The van der Waals surface area contributed by atoms with E-state index in [4.69, 9.17) is 9.47 Å². The number of rotatable bonds is 4. The van der Waals surface area contributed by atoms with E-state index in [2.05, 4.69) is 5.10 Å². The van der Waals surface area contributed by atoms with E-state index in [1.807, 2.05) is 11.6 Å². The normalized spacial score (nSPS) is 28.3. The van der Waals surface area contributed by atoms with E-state index in [0.717, 1.165) is 31.5 Å². The van der Waals surface area contributed by atoms with Crippen molar-refractivity contribution in [1.82, 2.24) is 9.78 Å². The first-order valence-electron chi connectivity index (χ1n) is 6.50. The summed E-state index contributed by atoms with van der Waals surface area (Å²) in [5.41, 5.74) is -0.106. The van der Waals surface area contributed by atoms with Crippen LogP contribution in [0.5, 0.6) is 5.75 Å². The van der Waals surface area contributed by atoms with Crippen molar-refractivity contribution in [3.8, 4) is 5.75 Å². The number of nitrogens with zero attached hydrogens (tertiary/aromatic N) is 2. The van der Waals surface area contributed by atoms with Crippen molar-refractivity contribution in [1.29, 1.82) is 0 Å². The zero-order valence-corrected chi connectivity index (χ0v) is 11.3. The van der Waals surface area contributed by atoms with Gasteiger partial charge in [-0.3, -0.25) is 4.68 Å². The number of ether oxygens (including phenoxy) is 2. The molecule has 2 rings (SSSR count). The summed E-state index contributed by atoms with van der Waals surface area (Å²) in [6.45, 7) is 2.73. The molecule has 18 heavy (non-hydrogen) atoms. The summed E-state index contributed by atoms with van der Waals surface area (Å²) in [6, 6.07) is 0. The van der Waals surface area contributed by atoms with Crippen LogP contribution in [0.3, 0.4) is 0 Å². The summed E-state index contributed by atoms with van der Waals surface area (Å²) in [5.74, 6) is 0.663. The van der Waals surface area contributed by atoms with Crippen molar-refractivity contribution in [2.75, 3.05) is 14.2 Å². The van der Waals surface area contributed by atoms with Crippen LogP contribution in [-0.2, 0) is 16.9 Å². The zero-order chi connectivity index (χ0) is 13.2. The highest BCUT2D eigenvalue weighted by atomic mass is 16.5. The Labute approximate surface area is 108 Å². The first-order chi connectivity index (χ1) is 8.64. The standard InChI is InChI=1S/C13H22N2O3/c1-4-15-12(11(18-3)9-14-15)13(16)7-5-6-10(8-13)17-2/h9-10,16H,4-8H2,1-3H3. The Morgan fingerprint density at radius 2 is 2.33 bits per heavy atom. The summed E-state index contributed by atoms with van der Waals surface area (Å²) in [4.78, 5) is 0. The molecule has 1 N–H and O–H groups in total. The van der Waals surface area contributed by atoms with Gasteiger partial charge in [-0.05, 0) is 26.2 Å². The predicted molar refractivity (Wildman–Crippen MR) is 67.6 cm³/mol. The van der Waals surface area contributed by atoms with Crippen molar-refractivity contribution in [3.05, 3.63) is 11.9 Å². The summed E-state index contributed by atoms with van der Waals surface area (Å²) in [5, 5.41) is 15.2. The molecule has 1 aliphatic carbocycles. The molecule has 102 valence electrons. The van der Waals surface area contributed by atoms with Crippen LogP contribution in [0.2, 0.25) is 0 Å². The fourth-order valence-electron chi connectivity index (χ4n) is 2.85. The molecule has 0 saturated heterocycles. The molecule has 5 nitrogen and oxygen atoms in total. The van der Waals surface area contributed by atoms with Crippen molar-refractivity contribution in [2.24, 2.45) is 0 Å². The van der Waals surface area contributed by atoms with Crippen molar-refractivity contribution >= 4 is 0 Å². The third-order valence-electron chi connectivity index (χ3n) is 3.78. The maximum atomic E-state index is 10.9. The van der Waals surface area contributed by atoms with E-state index >= 15 is 0 Å². The predicted octanol–water partition coefficient (Wildman–Crippen LogP) is 1.69. The van der Waals surface area contributed by atoms with Gasteiger partial charge in [0.2, 0.25) is 0 Å². The first-order valence-corrected chi connectivity index (χ1v) is 6.50. The first kappa shape index (κ1) is 13.4. The number of aromatic nitrogens is 2. The molecule has 0 aliphatic heterocycles. The van der Waals surface area contributed by atoms with Gasteiger partial charge in [0.25, 0.3) is 0 Å². The lowest BCUT2D eigenvalue weighted by molar-refractivity contribution is -0.0691. The fourth-order valence-corrected chi connectivity index (χ4v) is 2.85. The Hall–Kier alpha value is -1.07. The Balaban J connectivity index is 2.36. The quantitative estimate of drug-likeness (QED) is 0.888. The number of methoxy groups -OCH3 is 2. The highest BCUT2D eigenvalue weighted by Gasteiger charge is 2.40. The molecule has 2 unspecified atom stereocenters. The maximum Gasteiger partial charge on any atom is 0.162 e. The number of aryl methyl sites for hydroxylation is 1. The van der Waals surface area contributed by atoms with E-state index in [1.165, 1.54) is 0 Å². The van der Waals surface area contributed by atoms with Gasteiger partial charge in [-0.2, -0.15) is 5.10 Å². The van der Waals surface area contributed by atoms with Crippen LogP contribution in [-0.4, -0.2) is 35.2 Å². The summed E-state index contributed by atoms with van der Waals surface area (Å²) in [7, 11) is 3.31. The highest BCUT2D eigenvalue weighted by Crippen LogP contribution is 2.41. The van der Waals surface area contributed by atoms with Crippen LogP contribution in [0, 0.1) is 0 Å². The van der Waals surface area contributed by atoms with Gasteiger partial charge in [-0.25, -0.2) is 0 Å². The molecular formula is C13H22N2O3. The van der Waals surface area contributed by atoms with Gasteiger partial charge < -0.3 is 14.6 Å². The second-order valence-corrected chi connectivity index (χ2v) is 4.86. The monoisotopic (exact) mass is 254 g/mol. The number of hydrogen-bond acceptors (Lipinski definition) is 4. The second-order valence-electron chi connectivity index (χ2n) is 4.86. The topological polar surface area (TPSA) is 56.5 Å². The van der Waals surface area contributed by atoms with Gasteiger partial charge in [0.1, 0.15) is 11.3 Å². The van der Waals surface area contributed by atoms with Gasteiger partial charge in [0.15, 0.2) is 5.75 Å².